The summed E-state index contributed by atoms with van der Waals surface area (Å²) in [4.78, 5) is 12.2. The number of nitrogens with one attached hydrogen (secondary N) is 1. The van der Waals surface area contributed by atoms with Crippen molar-refractivity contribution in [3.05, 3.63) is 53.6 Å². The Bertz CT molecular complexity index is 687. The normalized spacial score (nSPS) is 9.60. The van der Waals surface area contributed by atoms with Gasteiger partial charge in [-0.1, -0.05) is 12.0 Å². The molecule has 20 heavy (non-hydrogen) atoms. The standard InChI is InChI=1S/C16H14N2O2/c1-3-11-5-4-6-14(7-11)18-16(19)12-8-13(17)10-15(9-12)20-2/h1,4-10H,17H2,2H3,(H,18,19). The zero-order chi connectivity index (χ0) is 14.5. The van der Waals surface area contributed by atoms with E-state index in [1.54, 1.807) is 42.5 Å². The van der Waals surface area contributed by atoms with Gasteiger partial charge in [0.2, 0.25) is 0 Å². The molecule has 0 spiro atoms. The second-order valence-electron chi connectivity index (χ2n) is 4.17. The molecule has 0 bridgehead atoms. The fraction of sp³-hybridized carbons (Fsp3) is 0.0625. The third kappa shape index (κ3) is 3.09. The SMILES string of the molecule is C#Cc1cccc(NC(=O)c2cc(N)cc(OC)c2)c1. The molecule has 2 aromatic rings. The minimum Gasteiger partial charge on any atom is -0.497 e. The Morgan fingerprint density at radius 2 is 2.10 bits per heavy atom. The van der Waals surface area contributed by atoms with E-state index in [4.69, 9.17) is 16.9 Å². The Balaban J connectivity index is 2.23. The lowest BCUT2D eigenvalue weighted by Crippen LogP contribution is -2.12. The third-order valence-electron chi connectivity index (χ3n) is 2.71. The van der Waals surface area contributed by atoms with Gasteiger partial charge in [0, 0.05) is 28.6 Å². The van der Waals surface area contributed by atoms with Gasteiger partial charge in [0.05, 0.1) is 7.11 Å². The van der Waals surface area contributed by atoms with E-state index >= 15 is 0 Å². The molecule has 4 nitrogen and oxygen atoms in total. The summed E-state index contributed by atoms with van der Waals surface area (Å²) in [6, 6.07) is 11.9. The fourth-order valence-corrected chi connectivity index (χ4v) is 1.76. The summed E-state index contributed by atoms with van der Waals surface area (Å²) < 4.78 is 5.09. The van der Waals surface area contributed by atoms with Gasteiger partial charge in [-0.15, -0.1) is 6.42 Å². The first kappa shape index (κ1) is 13.5. The van der Waals surface area contributed by atoms with Crippen molar-refractivity contribution < 1.29 is 9.53 Å². The average molecular weight is 266 g/mol. The lowest BCUT2D eigenvalue weighted by atomic mass is 10.1. The number of nitrogen functional groups attached to an aromatic ring is 1. The summed E-state index contributed by atoms with van der Waals surface area (Å²) in [5.74, 6) is 2.78. The summed E-state index contributed by atoms with van der Waals surface area (Å²) in [7, 11) is 1.52. The number of nitrogens with two attached hydrogens (primary N) is 1. The number of benzene rings is 2. The Morgan fingerprint density at radius 3 is 2.80 bits per heavy atom. The van der Waals surface area contributed by atoms with Crippen molar-refractivity contribution in [1.82, 2.24) is 0 Å². The van der Waals surface area contributed by atoms with Crippen LogP contribution in [0, 0.1) is 12.3 Å². The van der Waals surface area contributed by atoms with Crippen LogP contribution in [-0.2, 0) is 0 Å². The smallest absolute Gasteiger partial charge is 0.255 e. The first-order valence-electron chi connectivity index (χ1n) is 5.95. The molecule has 0 saturated carbocycles. The van der Waals surface area contributed by atoms with Gasteiger partial charge in [-0.2, -0.15) is 0 Å². The highest BCUT2D eigenvalue weighted by Gasteiger charge is 2.09. The summed E-state index contributed by atoms with van der Waals surface area (Å²) >= 11 is 0. The van der Waals surface area contributed by atoms with E-state index < -0.39 is 0 Å². The number of amides is 1. The van der Waals surface area contributed by atoms with Crippen molar-refractivity contribution in [3.63, 3.8) is 0 Å². The maximum atomic E-state index is 12.2. The molecule has 0 aliphatic carbocycles. The van der Waals surface area contributed by atoms with Crippen molar-refractivity contribution in [3.8, 4) is 18.1 Å². The van der Waals surface area contributed by atoms with Crippen LogP contribution >= 0.6 is 0 Å². The predicted octanol–water partition coefficient (Wildman–Crippen LogP) is 2.51. The highest BCUT2D eigenvalue weighted by atomic mass is 16.5. The summed E-state index contributed by atoms with van der Waals surface area (Å²) in [6.45, 7) is 0. The van der Waals surface area contributed by atoms with Crippen molar-refractivity contribution in [2.45, 2.75) is 0 Å². The minimum atomic E-state index is -0.273. The molecule has 100 valence electrons. The molecule has 0 aromatic heterocycles. The molecule has 3 N–H and O–H groups in total. The van der Waals surface area contributed by atoms with Crippen LogP contribution in [0.1, 0.15) is 15.9 Å². The maximum Gasteiger partial charge on any atom is 0.255 e. The Kier molecular flexibility index (Phi) is 3.92. The second-order valence-corrected chi connectivity index (χ2v) is 4.17. The molecule has 0 aliphatic heterocycles. The van der Waals surface area contributed by atoms with Crippen LogP contribution < -0.4 is 15.8 Å². The molecule has 0 unspecified atom stereocenters. The van der Waals surface area contributed by atoms with Crippen LogP contribution in [0.4, 0.5) is 11.4 Å². The Hall–Kier alpha value is -2.93. The molecule has 2 rings (SSSR count). The number of ether oxygens (including phenoxy) is 1. The molecular formula is C16H14N2O2. The Morgan fingerprint density at radius 1 is 1.30 bits per heavy atom. The van der Waals surface area contributed by atoms with Gasteiger partial charge in [-0.25, -0.2) is 0 Å². The minimum absolute atomic E-state index is 0.273. The van der Waals surface area contributed by atoms with E-state index in [1.165, 1.54) is 7.11 Å². The fourth-order valence-electron chi connectivity index (χ4n) is 1.76. The maximum absolute atomic E-state index is 12.2. The lowest BCUT2D eigenvalue weighted by Gasteiger charge is -2.08. The van der Waals surface area contributed by atoms with E-state index in [0.717, 1.165) is 0 Å². The van der Waals surface area contributed by atoms with E-state index in [0.29, 0.717) is 28.3 Å². The molecule has 0 aliphatic rings. The van der Waals surface area contributed by atoms with Crippen LogP contribution in [0.3, 0.4) is 0 Å². The number of methoxy groups -OCH3 is 1. The molecule has 1 amide bonds. The van der Waals surface area contributed by atoms with Gasteiger partial charge >= 0.3 is 0 Å². The van der Waals surface area contributed by atoms with Crippen LogP contribution in [0.25, 0.3) is 0 Å². The molecular weight excluding hydrogens is 252 g/mol. The number of hydrogen-bond acceptors (Lipinski definition) is 3. The van der Waals surface area contributed by atoms with Gasteiger partial charge in [-0.05, 0) is 30.3 Å². The van der Waals surface area contributed by atoms with Crippen molar-refractivity contribution in [2.24, 2.45) is 0 Å². The zero-order valence-electron chi connectivity index (χ0n) is 11.0. The molecule has 0 radical (unpaired) electrons. The second kappa shape index (κ2) is 5.81. The monoisotopic (exact) mass is 266 g/mol. The number of rotatable bonds is 3. The Labute approximate surface area is 117 Å². The zero-order valence-corrected chi connectivity index (χ0v) is 11.0. The number of terminal acetylenes is 1. The number of carbonyl (C=O) groups excluding carboxylic acids is 1. The summed E-state index contributed by atoms with van der Waals surface area (Å²) in [5, 5.41) is 2.77. The number of anilines is 2. The van der Waals surface area contributed by atoms with Gasteiger partial charge < -0.3 is 15.8 Å². The van der Waals surface area contributed by atoms with Gasteiger partial charge in [0.25, 0.3) is 5.91 Å². The largest absolute Gasteiger partial charge is 0.497 e. The first-order valence-corrected chi connectivity index (χ1v) is 5.95. The highest BCUT2D eigenvalue weighted by molar-refractivity contribution is 6.05. The van der Waals surface area contributed by atoms with Crippen LogP contribution in [0.15, 0.2) is 42.5 Å². The lowest BCUT2D eigenvalue weighted by molar-refractivity contribution is 0.102. The van der Waals surface area contributed by atoms with Crippen molar-refractivity contribution in [1.29, 1.82) is 0 Å². The van der Waals surface area contributed by atoms with E-state index in [1.807, 2.05) is 0 Å². The molecule has 4 heteroatoms. The van der Waals surface area contributed by atoms with E-state index in [9.17, 15) is 4.79 Å². The third-order valence-corrected chi connectivity index (χ3v) is 2.71. The molecule has 0 heterocycles. The first-order chi connectivity index (χ1) is 9.62. The van der Waals surface area contributed by atoms with Crippen LogP contribution in [0.5, 0.6) is 5.75 Å². The topological polar surface area (TPSA) is 64.4 Å². The molecule has 0 fully saturated rings. The van der Waals surface area contributed by atoms with Crippen molar-refractivity contribution in [2.75, 3.05) is 18.2 Å². The van der Waals surface area contributed by atoms with Gasteiger partial charge in [-0.3, -0.25) is 4.79 Å². The van der Waals surface area contributed by atoms with Gasteiger partial charge in [0.15, 0.2) is 0 Å². The molecule has 2 aromatic carbocycles. The van der Waals surface area contributed by atoms with E-state index in [2.05, 4.69) is 11.2 Å². The summed E-state index contributed by atoms with van der Waals surface area (Å²) in [5.41, 5.74) is 7.95. The predicted molar refractivity (Wildman–Crippen MR) is 79.7 cm³/mol. The quantitative estimate of drug-likeness (QED) is 0.662. The van der Waals surface area contributed by atoms with Crippen LogP contribution in [0.2, 0.25) is 0 Å². The highest BCUT2D eigenvalue weighted by Crippen LogP contribution is 2.20. The van der Waals surface area contributed by atoms with E-state index in [-0.39, 0.29) is 5.91 Å². The number of hydrogen-bond donors (Lipinski definition) is 2. The average Bonchev–Trinajstić information content (AvgIpc) is 2.46. The molecule has 0 atom stereocenters. The van der Waals surface area contributed by atoms with Crippen molar-refractivity contribution >= 4 is 17.3 Å². The summed E-state index contributed by atoms with van der Waals surface area (Å²) in [6.07, 6.45) is 5.32. The number of carbonyl (C=O) groups is 1. The van der Waals surface area contributed by atoms with Gasteiger partial charge in [0.1, 0.15) is 5.75 Å². The molecule has 0 saturated heterocycles. The van der Waals surface area contributed by atoms with Crippen LogP contribution in [-0.4, -0.2) is 13.0 Å².